The van der Waals surface area contributed by atoms with E-state index in [1.807, 2.05) is 29.4 Å². The molecule has 0 spiro atoms. The Morgan fingerprint density at radius 2 is 1.26 bits per heavy atom. The molecule has 21 heteroatoms. The summed E-state index contributed by atoms with van der Waals surface area (Å²) in [5, 5.41) is 13.1. The number of nitrogens with one attached hydrogen (secondary N) is 3. The second-order valence-electron chi connectivity index (χ2n) is 19.1. The van der Waals surface area contributed by atoms with Crippen molar-refractivity contribution in [2.45, 2.75) is 63.5 Å². The first-order valence-corrected chi connectivity index (χ1v) is 25.6. The van der Waals surface area contributed by atoms with Gasteiger partial charge in [0, 0.05) is 145 Å². The van der Waals surface area contributed by atoms with Gasteiger partial charge in [-0.05, 0) is 90.9 Å². The number of halogens is 5. The number of carbonyl (C=O) groups is 4. The van der Waals surface area contributed by atoms with Crippen LogP contribution in [0.5, 0.6) is 0 Å². The molecule has 16 nitrogen and oxygen atoms in total. The molecule has 3 fully saturated rings. The molecule has 3 aliphatic rings. The molecule has 3 N–H and O–H groups in total. The van der Waals surface area contributed by atoms with Crippen molar-refractivity contribution in [2.75, 3.05) is 78.5 Å². The molecule has 4 aromatic heterocycles. The molecule has 3 amide bonds. The quantitative estimate of drug-likeness (QED) is 0.102. The summed E-state index contributed by atoms with van der Waals surface area (Å²) in [6.45, 7) is 5.83. The number of nitrogens with zero attached hydrogens (tertiary/aromatic N) is 8. The number of fused-ring (bicyclic) bond motifs is 2. The van der Waals surface area contributed by atoms with Gasteiger partial charge < -0.3 is 39.6 Å². The number of hydrogen-bond acceptors (Lipinski definition) is 9. The van der Waals surface area contributed by atoms with E-state index < -0.39 is 23.4 Å². The summed E-state index contributed by atoms with van der Waals surface area (Å²) in [6.07, 6.45) is 10.6. The van der Waals surface area contributed by atoms with Crippen molar-refractivity contribution in [1.82, 2.24) is 49.5 Å². The summed E-state index contributed by atoms with van der Waals surface area (Å²) in [5.41, 5.74) is 2.93. The minimum atomic E-state index is -0.588. The normalized spacial score (nSPS) is 17.1. The zero-order chi connectivity index (χ0) is 52.2. The van der Waals surface area contributed by atoms with Gasteiger partial charge in [0.15, 0.2) is 11.6 Å². The van der Waals surface area contributed by atoms with Gasteiger partial charge in [-0.2, -0.15) is 10.2 Å². The van der Waals surface area contributed by atoms with E-state index in [1.54, 1.807) is 69.9 Å². The van der Waals surface area contributed by atoms with Gasteiger partial charge in [-0.25, -0.2) is 18.0 Å². The van der Waals surface area contributed by atoms with Crippen LogP contribution in [0.2, 0.25) is 10.0 Å². The number of esters is 1. The lowest BCUT2D eigenvalue weighted by Crippen LogP contribution is -2.43. The van der Waals surface area contributed by atoms with Crippen molar-refractivity contribution in [3.63, 3.8) is 0 Å². The zero-order valence-electron chi connectivity index (χ0n) is 41.4. The molecule has 7 heterocycles. The highest BCUT2D eigenvalue weighted by atomic mass is 35.5. The van der Waals surface area contributed by atoms with E-state index in [-0.39, 0.29) is 52.0 Å². The number of amides is 3. The Morgan fingerprint density at radius 3 is 1.81 bits per heavy atom. The number of aromatic amines is 2. The third kappa shape index (κ3) is 11.1. The summed E-state index contributed by atoms with van der Waals surface area (Å²) in [4.78, 5) is 63.2. The number of aryl methyl sites for hydroxylation is 2. The number of ether oxygens (including phenoxy) is 1. The number of rotatable bonds is 12. The lowest BCUT2D eigenvalue weighted by Gasteiger charge is -2.33. The summed E-state index contributed by atoms with van der Waals surface area (Å²) in [6, 6.07) is 13.1. The molecule has 74 heavy (non-hydrogen) atoms. The van der Waals surface area contributed by atoms with Crippen molar-refractivity contribution in [3.05, 3.63) is 123 Å². The molecule has 0 saturated carbocycles. The first-order valence-electron chi connectivity index (χ1n) is 24.8. The van der Waals surface area contributed by atoms with E-state index in [2.05, 4.69) is 25.5 Å². The van der Waals surface area contributed by atoms with Gasteiger partial charge in [-0.3, -0.25) is 23.7 Å². The molecule has 390 valence electrons. The largest absolute Gasteiger partial charge is 0.464 e. The molecule has 7 aromatic rings. The third-order valence-corrected chi connectivity index (χ3v) is 14.8. The Balaban J connectivity index is 0.000000195. The summed E-state index contributed by atoms with van der Waals surface area (Å²) in [5.74, 6) is -2.69. The van der Waals surface area contributed by atoms with Gasteiger partial charge in [-0.1, -0.05) is 23.2 Å². The number of aromatic nitrogens is 6. The second kappa shape index (κ2) is 22.7. The van der Waals surface area contributed by atoms with Crippen molar-refractivity contribution in [2.24, 2.45) is 0 Å². The number of methoxy groups -OCH3 is 1. The minimum absolute atomic E-state index is 0.0146. The van der Waals surface area contributed by atoms with Crippen LogP contribution in [0.15, 0.2) is 73.3 Å². The number of carbonyl (C=O) groups excluding carboxylic acids is 4. The monoisotopic (exact) mass is 1060 g/mol. The van der Waals surface area contributed by atoms with Crippen molar-refractivity contribution < 1.29 is 37.1 Å². The van der Waals surface area contributed by atoms with Crippen LogP contribution in [0, 0.1) is 17.5 Å². The fourth-order valence-electron chi connectivity index (χ4n) is 10.3. The predicted octanol–water partition coefficient (Wildman–Crippen LogP) is 8.61. The van der Waals surface area contributed by atoms with Crippen LogP contribution in [0.4, 0.5) is 18.9 Å². The average Bonchev–Trinajstić information content (AvgIpc) is 4.29. The molecule has 0 aliphatic carbocycles. The number of hydrogen-bond donors (Lipinski definition) is 3. The van der Waals surface area contributed by atoms with Gasteiger partial charge >= 0.3 is 5.97 Å². The molecular weight excluding hydrogens is 999 g/mol. The topological polar surface area (TPSA) is 170 Å². The van der Waals surface area contributed by atoms with Crippen LogP contribution in [-0.4, -0.2) is 141 Å². The van der Waals surface area contributed by atoms with Crippen LogP contribution >= 0.6 is 23.2 Å². The fourth-order valence-corrected chi connectivity index (χ4v) is 10.8. The first-order chi connectivity index (χ1) is 35.7. The Morgan fingerprint density at radius 1 is 0.703 bits per heavy atom. The Hall–Kier alpha value is -6.83. The van der Waals surface area contributed by atoms with E-state index in [1.165, 1.54) is 24.1 Å². The molecule has 2 atom stereocenters. The summed E-state index contributed by atoms with van der Waals surface area (Å²) >= 11 is 13.2. The van der Waals surface area contributed by atoms with Gasteiger partial charge in [0.05, 0.1) is 33.9 Å². The second-order valence-corrected chi connectivity index (χ2v) is 20.0. The van der Waals surface area contributed by atoms with E-state index in [0.29, 0.717) is 120 Å². The molecule has 3 aliphatic heterocycles. The third-order valence-electron chi connectivity index (χ3n) is 14.2. The number of piperazine rings is 1. The average molecular weight is 1060 g/mol. The van der Waals surface area contributed by atoms with Crippen LogP contribution < -0.4 is 10.2 Å². The van der Waals surface area contributed by atoms with Crippen LogP contribution in [-0.2, 0) is 27.4 Å². The number of anilines is 1. The van der Waals surface area contributed by atoms with E-state index >= 15 is 13.2 Å². The van der Waals surface area contributed by atoms with Crippen molar-refractivity contribution >= 4 is 74.4 Å². The maximum absolute atomic E-state index is 16.4. The van der Waals surface area contributed by atoms with Crippen molar-refractivity contribution in [1.29, 1.82) is 0 Å². The van der Waals surface area contributed by atoms with E-state index in [4.69, 9.17) is 27.9 Å². The highest BCUT2D eigenvalue weighted by Gasteiger charge is 2.32. The molecule has 3 saturated heterocycles. The maximum atomic E-state index is 16.4. The first kappa shape index (κ1) is 52.0. The summed E-state index contributed by atoms with van der Waals surface area (Å²) < 4.78 is 55.5. The number of H-pyrrole nitrogens is 2. The lowest BCUT2D eigenvalue weighted by molar-refractivity contribution is -0.133. The molecule has 0 bridgehead atoms. The van der Waals surface area contributed by atoms with E-state index in [9.17, 15) is 19.2 Å². The van der Waals surface area contributed by atoms with Crippen molar-refractivity contribution in [3.8, 4) is 11.1 Å². The minimum Gasteiger partial charge on any atom is -0.464 e. The number of benzene rings is 3. The van der Waals surface area contributed by atoms with Gasteiger partial charge in [0.1, 0.15) is 17.2 Å². The Labute approximate surface area is 435 Å². The van der Waals surface area contributed by atoms with Crippen LogP contribution in [0.1, 0.15) is 82.5 Å². The SMILES string of the molecule is CN(C)C(=O)c1cc2c(-c3cc(F)c(N4CCNCC4)cc3Cl)cc(C3CCCN(C(=O)CCn4cccn4)C3)c(F)c2[nH]1.COC(=O)c1cc2c(Cl)cc(C3CCCN(C(=O)CCn4cccn4)C3)c(F)c2[nH]1. The standard InChI is InChI=1S/C32H36ClF2N7O2.C21H22ClFN4O3/c1-39(2)32(44)27-17-24-22(23-16-26(34)28(18-25(23)33)40-13-8-36-9-14-40)15-21(30(35)31(24)38-27)20-5-3-10-41(19-20)29(43)6-12-42-11-4-7-37-42;1-30-21(29)17-11-15-16(22)10-14(19(23)20(15)25-17)13-4-2-7-26(12-13)18(28)5-9-27-8-3-6-24-27/h4,7,11,15-18,20,36,38H,3,5-6,8-10,12-14,19H2,1-2H3;3,6,8,10-11,13,25H,2,4-5,7,9,12H2,1H3. The number of likely N-dealkylation sites (tertiary alicyclic amines) is 2. The van der Waals surface area contributed by atoms with Crippen LogP contribution in [0.25, 0.3) is 32.9 Å². The number of piperidine rings is 2. The highest BCUT2D eigenvalue weighted by Crippen LogP contribution is 2.43. The Kier molecular flexibility index (Phi) is 16.0. The fraction of sp³-hybridized carbons (Fsp3) is 0.396. The van der Waals surface area contributed by atoms with Gasteiger partial charge in [0.2, 0.25) is 11.8 Å². The van der Waals surface area contributed by atoms with Gasteiger partial charge in [0.25, 0.3) is 5.91 Å². The predicted molar refractivity (Wildman–Crippen MR) is 277 cm³/mol. The smallest absolute Gasteiger partial charge is 0.354 e. The molecule has 2 unspecified atom stereocenters. The summed E-state index contributed by atoms with van der Waals surface area (Å²) in [7, 11) is 4.51. The molecule has 3 aromatic carbocycles. The molecule has 10 rings (SSSR count). The Bertz CT molecular complexity index is 3170. The van der Waals surface area contributed by atoms with Gasteiger partial charge in [-0.15, -0.1) is 0 Å². The molecular formula is C53H58Cl2F3N11O5. The van der Waals surface area contributed by atoms with E-state index in [0.717, 1.165) is 32.4 Å². The maximum Gasteiger partial charge on any atom is 0.354 e. The zero-order valence-corrected chi connectivity index (χ0v) is 42.9. The van der Waals surface area contributed by atoms with Crippen LogP contribution in [0.3, 0.4) is 0 Å². The lowest BCUT2D eigenvalue weighted by atomic mass is 9.86. The molecule has 0 radical (unpaired) electrons. The highest BCUT2D eigenvalue weighted by molar-refractivity contribution is 6.36.